The first-order valence-corrected chi connectivity index (χ1v) is 12.6. The van der Waals surface area contributed by atoms with Crippen LogP contribution in [0.15, 0.2) is 87.6 Å². The predicted molar refractivity (Wildman–Crippen MR) is 128 cm³/mol. The number of nitriles is 1. The normalized spacial score (nSPS) is 11.4. The Morgan fingerprint density at radius 3 is 2.42 bits per heavy atom. The minimum atomic E-state index is -3.76. The molecule has 0 unspecified atom stereocenters. The third-order valence-electron chi connectivity index (χ3n) is 5.20. The third-order valence-corrected chi connectivity index (χ3v) is 7.15. The van der Waals surface area contributed by atoms with Crippen molar-refractivity contribution in [3.05, 3.63) is 99.8 Å². The second-order valence-corrected chi connectivity index (χ2v) is 9.87. The van der Waals surface area contributed by atoms with Crippen molar-refractivity contribution in [3.8, 4) is 6.07 Å². The van der Waals surface area contributed by atoms with Gasteiger partial charge >= 0.3 is 0 Å². The van der Waals surface area contributed by atoms with Gasteiger partial charge in [-0.25, -0.2) is 18.5 Å². The van der Waals surface area contributed by atoms with Crippen LogP contribution in [0.25, 0.3) is 10.9 Å². The summed E-state index contributed by atoms with van der Waals surface area (Å²) in [6.45, 7) is 0.369. The van der Waals surface area contributed by atoms with Crippen LogP contribution in [0.1, 0.15) is 16.7 Å². The third kappa shape index (κ3) is 5.14. The van der Waals surface area contributed by atoms with E-state index in [2.05, 4.69) is 6.07 Å². The maximum Gasteiger partial charge on any atom is 0.262 e. The van der Waals surface area contributed by atoms with Crippen LogP contribution in [0.4, 0.5) is 0 Å². The fraction of sp³-hybridized carbons (Fsp3) is 0.125. The van der Waals surface area contributed by atoms with Crippen molar-refractivity contribution in [2.75, 3.05) is 0 Å². The monoisotopic (exact) mass is 476 g/mol. The van der Waals surface area contributed by atoms with Gasteiger partial charge in [0.2, 0.25) is 10.0 Å². The summed E-state index contributed by atoms with van der Waals surface area (Å²) in [4.78, 5) is 18.0. The van der Waals surface area contributed by atoms with Gasteiger partial charge in [0.15, 0.2) is 5.16 Å². The molecular formula is C24H20N4O3S2. The molecule has 4 aromatic rings. The van der Waals surface area contributed by atoms with Gasteiger partial charge in [0, 0.05) is 12.3 Å². The summed E-state index contributed by atoms with van der Waals surface area (Å²) in [6, 6.07) is 23.0. The number of aromatic nitrogens is 2. The molecule has 166 valence electrons. The Balaban J connectivity index is 1.65. The number of nitrogens with zero attached hydrogens (tertiary/aromatic N) is 3. The van der Waals surface area contributed by atoms with Crippen LogP contribution in [0.2, 0.25) is 0 Å². The summed E-state index contributed by atoms with van der Waals surface area (Å²) in [7, 11) is -3.76. The molecule has 0 atom stereocenters. The zero-order valence-corrected chi connectivity index (χ0v) is 19.1. The highest BCUT2D eigenvalue weighted by atomic mass is 32.2. The van der Waals surface area contributed by atoms with E-state index in [1.807, 2.05) is 24.3 Å². The van der Waals surface area contributed by atoms with Crippen LogP contribution in [-0.4, -0.2) is 18.0 Å². The highest BCUT2D eigenvalue weighted by Crippen LogP contribution is 2.24. The van der Waals surface area contributed by atoms with Gasteiger partial charge in [0.1, 0.15) is 0 Å². The lowest BCUT2D eigenvalue weighted by Crippen LogP contribution is -2.24. The fourth-order valence-corrected chi connectivity index (χ4v) is 4.98. The number of hydrogen-bond acceptors (Lipinski definition) is 6. The minimum Gasteiger partial charge on any atom is -0.287 e. The molecule has 33 heavy (non-hydrogen) atoms. The number of thioether (sulfide) groups is 1. The van der Waals surface area contributed by atoms with E-state index >= 15 is 0 Å². The molecule has 0 saturated carbocycles. The van der Waals surface area contributed by atoms with Gasteiger partial charge < -0.3 is 0 Å². The second-order valence-electron chi connectivity index (χ2n) is 7.36. The van der Waals surface area contributed by atoms with Gasteiger partial charge in [0.25, 0.3) is 5.56 Å². The highest BCUT2D eigenvalue weighted by Gasteiger charge is 2.13. The molecule has 0 saturated heterocycles. The van der Waals surface area contributed by atoms with E-state index in [4.69, 9.17) is 10.1 Å². The van der Waals surface area contributed by atoms with Gasteiger partial charge in [-0.3, -0.25) is 9.36 Å². The number of rotatable bonds is 7. The van der Waals surface area contributed by atoms with Crippen molar-refractivity contribution in [2.24, 2.45) is 5.14 Å². The largest absolute Gasteiger partial charge is 0.287 e. The predicted octanol–water partition coefficient (Wildman–Crippen LogP) is 3.45. The number of hydrogen-bond donors (Lipinski definition) is 1. The average molecular weight is 477 g/mol. The molecule has 4 rings (SSSR count). The summed E-state index contributed by atoms with van der Waals surface area (Å²) in [5.74, 6) is 0.498. The summed E-state index contributed by atoms with van der Waals surface area (Å²) < 4.78 is 24.6. The van der Waals surface area contributed by atoms with Crippen LogP contribution in [0.5, 0.6) is 0 Å². The Morgan fingerprint density at radius 1 is 1.00 bits per heavy atom. The van der Waals surface area contributed by atoms with E-state index in [1.165, 1.54) is 23.9 Å². The lowest BCUT2D eigenvalue weighted by molar-refractivity contribution is 0.594. The zero-order valence-electron chi connectivity index (χ0n) is 17.5. The van der Waals surface area contributed by atoms with E-state index in [-0.39, 0.29) is 10.5 Å². The Hall–Kier alpha value is -3.45. The summed E-state index contributed by atoms with van der Waals surface area (Å²) >= 11 is 1.40. The van der Waals surface area contributed by atoms with Crippen LogP contribution >= 0.6 is 11.8 Å². The number of aryl methyl sites for hydroxylation is 1. The summed E-state index contributed by atoms with van der Waals surface area (Å²) in [5.41, 5.74) is 2.81. The van der Waals surface area contributed by atoms with Gasteiger partial charge in [-0.05, 0) is 47.9 Å². The van der Waals surface area contributed by atoms with E-state index in [0.717, 1.165) is 11.1 Å². The Kier molecular flexibility index (Phi) is 6.60. The molecule has 0 amide bonds. The lowest BCUT2D eigenvalue weighted by Gasteiger charge is -2.14. The van der Waals surface area contributed by atoms with Gasteiger partial charge in [-0.15, -0.1) is 0 Å². The maximum atomic E-state index is 13.3. The second kappa shape index (κ2) is 9.58. The molecule has 0 aliphatic carbocycles. The fourth-order valence-electron chi connectivity index (χ4n) is 3.44. The number of nitrogens with two attached hydrogens (primary N) is 1. The smallest absolute Gasteiger partial charge is 0.262 e. The molecule has 0 bridgehead atoms. The summed E-state index contributed by atoms with van der Waals surface area (Å²) in [5, 5.41) is 15.6. The van der Waals surface area contributed by atoms with Crippen LogP contribution < -0.4 is 10.7 Å². The minimum absolute atomic E-state index is 0.0446. The zero-order chi connectivity index (χ0) is 23.4. The SMILES string of the molecule is N#Cc1ccccc1CSc1nc2ccccc2c(=O)n1CCc1ccc(S(N)(=O)=O)cc1. The topological polar surface area (TPSA) is 119 Å². The molecule has 9 heteroatoms. The first-order chi connectivity index (χ1) is 15.9. The molecule has 0 spiro atoms. The van der Waals surface area contributed by atoms with Crippen molar-refractivity contribution in [3.63, 3.8) is 0 Å². The number of para-hydroxylation sites is 1. The van der Waals surface area contributed by atoms with E-state index in [1.54, 1.807) is 41.0 Å². The standard InChI is InChI=1S/C24H20N4O3S2/c25-15-18-5-1-2-6-19(18)16-32-24-27-22-8-4-3-7-21(22)23(29)28(24)14-13-17-9-11-20(12-10-17)33(26,30)31/h1-12H,13-14,16H2,(H2,26,30,31). The van der Waals surface area contributed by atoms with Crippen molar-refractivity contribution in [1.82, 2.24) is 9.55 Å². The molecule has 0 radical (unpaired) electrons. The number of benzene rings is 3. The van der Waals surface area contributed by atoms with Crippen LogP contribution in [0, 0.1) is 11.3 Å². The molecule has 0 aliphatic rings. The van der Waals surface area contributed by atoms with Crippen molar-refractivity contribution in [1.29, 1.82) is 5.26 Å². The highest BCUT2D eigenvalue weighted by molar-refractivity contribution is 7.98. The van der Waals surface area contributed by atoms with Gasteiger partial charge in [-0.2, -0.15) is 5.26 Å². The first kappa shape index (κ1) is 22.7. The van der Waals surface area contributed by atoms with Crippen molar-refractivity contribution in [2.45, 2.75) is 28.8 Å². The van der Waals surface area contributed by atoms with E-state index < -0.39 is 10.0 Å². The molecular weight excluding hydrogens is 456 g/mol. The summed E-state index contributed by atoms with van der Waals surface area (Å²) in [6.07, 6.45) is 0.507. The number of primary sulfonamides is 1. The maximum absolute atomic E-state index is 13.3. The first-order valence-electron chi connectivity index (χ1n) is 10.1. The van der Waals surface area contributed by atoms with Gasteiger partial charge in [0.05, 0.1) is 27.4 Å². The van der Waals surface area contributed by atoms with Crippen LogP contribution in [-0.2, 0) is 28.7 Å². The average Bonchev–Trinajstić information content (AvgIpc) is 2.82. The van der Waals surface area contributed by atoms with E-state index in [9.17, 15) is 18.5 Å². The molecule has 1 aromatic heterocycles. The van der Waals surface area contributed by atoms with Crippen LogP contribution in [0.3, 0.4) is 0 Å². The Morgan fingerprint density at radius 2 is 1.70 bits per heavy atom. The molecule has 2 N–H and O–H groups in total. The Labute approximate surface area is 195 Å². The molecule has 0 fully saturated rings. The van der Waals surface area contributed by atoms with Gasteiger partial charge in [-0.1, -0.05) is 54.2 Å². The quantitative estimate of drug-likeness (QED) is 0.322. The number of fused-ring (bicyclic) bond motifs is 1. The molecule has 7 nitrogen and oxygen atoms in total. The molecule has 1 heterocycles. The lowest BCUT2D eigenvalue weighted by atomic mass is 10.1. The van der Waals surface area contributed by atoms with Crippen molar-refractivity contribution < 1.29 is 8.42 Å². The molecule has 0 aliphatic heterocycles. The Bertz CT molecular complexity index is 1520. The number of sulfonamides is 1. The molecule has 3 aromatic carbocycles. The van der Waals surface area contributed by atoms with Crippen molar-refractivity contribution >= 4 is 32.7 Å². The van der Waals surface area contributed by atoms with E-state index in [0.29, 0.717) is 40.3 Å².